The first-order valence-electron chi connectivity index (χ1n) is 4.83. The van der Waals surface area contributed by atoms with E-state index in [9.17, 15) is 5.11 Å². The van der Waals surface area contributed by atoms with Crippen molar-refractivity contribution in [3.8, 4) is 0 Å². The van der Waals surface area contributed by atoms with Gasteiger partial charge in [-0.25, -0.2) is 0 Å². The summed E-state index contributed by atoms with van der Waals surface area (Å²) in [5.74, 6) is 2.11. The molecule has 1 aliphatic carbocycles. The molecule has 0 unspecified atom stereocenters. The molecule has 0 aromatic rings. The molecule has 0 amide bonds. The molecule has 1 rings (SSSR count). The Morgan fingerprint density at radius 3 is 2.27 bits per heavy atom. The molecular formula is C10H20O. The van der Waals surface area contributed by atoms with Crippen molar-refractivity contribution >= 4 is 0 Å². The topological polar surface area (TPSA) is 20.2 Å². The minimum atomic E-state index is -0.00704. The smallest absolute Gasteiger partial charge is 0.0571 e. The van der Waals surface area contributed by atoms with E-state index in [0.29, 0.717) is 5.92 Å². The summed E-state index contributed by atoms with van der Waals surface area (Å²) < 4.78 is 0. The fourth-order valence-electron chi connectivity index (χ4n) is 2.13. The van der Waals surface area contributed by atoms with Crippen LogP contribution in [0.3, 0.4) is 0 Å². The fourth-order valence-corrected chi connectivity index (χ4v) is 2.13. The molecule has 1 nitrogen and oxygen atoms in total. The number of aliphatic hydroxyl groups excluding tert-OH is 1. The van der Waals surface area contributed by atoms with Gasteiger partial charge in [-0.15, -0.1) is 0 Å². The normalized spacial score (nSPS) is 38.5. The average molecular weight is 156 g/mol. The lowest BCUT2D eigenvalue weighted by molar-refractivity contribution is 0.128. The Labute approximate surface area is 69.8 Å². The Balaban J connectivity index is 2.43. The van der Waals surface area contributed by atoms with Crippen LogP contribution in [0, 0.1) is 17.8 Å². The second-order valence-corrected chi connectivity index (χ2v) is 4.21. The number of hydrogen-bond acceptors (Lipinski definition) is 1. The molecule has 66 valence electrons. The molecule has 0 aromatic heterocycles. The highest BCUT2D eigenvalue weighted by Gasteiger charge is 2.32. The van der Waals surface area contributed by atoms with Crippen molar-refractivity contribution in [2.45, 2.75) is 46.1 Å². The van der Waals surface area contributed by atoms with E-state index in [1.54, 1.807) is 0 Å². The molecule has 1 fully saturated rings. The van der Waals surface area contributed by atoms with Crippen molar-refractivity contribution < 1.29 is 5.11 Å². The van der Waals surface area contributed by atoms with E-state index in [0.717, 1.165) is 24.7 Å². The predicted octanol–water partition coefficient (Wildman–Crippen LogP) is 2.44. The standard InChI is InChI=1S/C10H20O/c1-4-8-5-9(7(2)3)6-10(8)11/h7-11H,4-6H2,1-3H3/t8-,9+,10+/m0/s1. The summed E-state index contributed by atoms with van der Waals surface area (Å²) in [6.07, 6.45) is 3.42. The van der Waals surface area contributed by atoms with E-state index < -0.39 is 0 Å². The van der Waals surface area contributed by atoms with Gasteiger partial charge in [0.2, 0.25) is 0 Å². The van der Waals surface area contributed by atoms with Gasteiger partial charge in [0.05, 0.1) is 6.10 Å². The molecule has 0 spiro atoms. The van der Waals surface area contributed by atoms with E-state index in [1.807, 2.05) is 0 Å². The maximum absolute atomic E-state index is 9.61. The van der Waals surface area contributed by atoms with Gasteiger partial charge < -0.3 is 5.11 Å². The minimum absolute atomic E-state index is 0.00704. The number of rotatable bonds is 2. The molecule has 0 aliphatic heterocycles. The maximum Gasteiger partial charge on any atom is 0.0571 e. The number of aliphatic hydroxyl groups is 1. The highest BCUT2D eigenvalue weighted by atomic mass is 16.3. The summed E-state index contributed by atoms with van der Waals surface area (Å²) in [6.45, 7) is 6.70. The molecule has 0 bridgehead atoms. The monoisotopic (exact) mass is 156 g/mol. The average Bonchev–Trinajstić information content (AvgIpc) is 2.31. The molecule has 0 heterocycles. The van der Waals surface area contributed by atoms with Crippen molar-refractivity contribution in [1.82, 2.24) is 0 Å². The largest absolute Gasteiger partial charge is 0.393 e. The van der Waals surface area contributed by atoms with E-state index in [4.69, 9.17) is 0 Å². The third-order valence-electron chi connectivity index (χ3n) is 3.16. The second-order valence-electron chi connectivity index (χ2n) is 4.21. The van der Waals surface area contributed by atoms with E-state index >= 15 is 0 Å². The Bertz CT molecular complexity index is 120. The molecule has 0 radical (unpaired) electrons. The van der Waals surface area contributed by atoms with Crippen molar-refractivity contribution in [2.75, 3.05) is 0 Å². The van der Waals surface area contributed by atoms with Gasteiger partial charge in [-0.1, -0.05) is 27.2 Å². The van der Waals surface area contributed by atoms with Crippen LogP contribution >= 0.6 is 0 Å². The summed E-state index contributed by atoms with van der Waals surface area (Å²) in [4.78, 5) is 0. The zero-order valence-corrected chi connectivity index (χ0v) is 7.88. The quantitative estimate of drug-likeness (QED) is 0.651. The maximum atomic E-state index is 9.61. The Hall–Kier alpha value is -0.0400. The van der Waals surface area contributed by atoms with Gasteiger partial charge in [-0.3, -0.25) is 0 Å². The summed E-state index contributed by atoms with van der Waals surface area (Å²) in [7, 11) is 0. The predicted molar refractivity (Wildman–Crippen MR) is 47.3 cm³/mol. The van der Waals surface area contributed by atoms with Crippen molar-refractivity contribution in [1.29, 1.82) is 0 Å². The second kappa shape index (κ2) is 3.57. The molecule has 0 saturated heterocycles. The molecule has 11 heavy (non-hydrogen) atoms. The first-order valence-corrected chi connectivity index (χ1v) is 4.83. The minimum Gasteiger partial charge on any atom is -0.393 e. The van der Waals surface area contributed by atoms with Gasteiger partial charge >= 0.3 is 0 Å². The van der Waals surface area contributed by atoms with Crippen LogP contribution in [-0.2, 0) is 0 Å². The van der Waals surface area contributed by atoms with Gasteiger partial charge in [0.25, 0.3) is 0 Å². The third kappa shape index (κ3) is 1.96. The molecule has 3 atom stereocenters. The van der Waals surface area contributed by atoms with Gasteiger partial charge in [0, 0.05) is 0 Å². The van der Waals surface area contributed by atoms with Crippen LogP contribution < -0.4 is 0 Å². The zero-order valence-electron chi connectivity index (χ0n) is 7.88. The Morgan fingerprint density at radius 1 is 1.36 bits per heavy atom. The lowest BCUT2D eigenvalue weighted by Gasteiger charge is -2.12. The van der Waals surface area contributed by atoms with Crippen molar-refractivity contribution in [3.05, 3.63) is 0 Å². The zero-order chi connectivity index (χ0) is 8.43. The molecular weight excluding hydrogens is 136 g/mol. The van der Waals surface area contributed by atoms with Gasteiger partial charge in [-0.2, -0.15) is 0 Å². The van der Waals surface area contributed by atoms with Gasteiger partial charge in [-0.05, 0) is 30.6 Å². The molecule has 1 saturated carbocycles. The summed E-state index contributed by atoms with van der Waals surface area (Å²) in [6, 6.07) is 0. The van der Waals surface area contributed by atoms with Crippen LogP contribution in [0.1, 0.15) is 40.0 Å². The van der Waals surface area contributed by atoms with Crippen molar-refractivity contribution in [3.63, 3.8) is 0 Å². The highest BCUT2D eigenvalue weighted by molar-refractivity contribution is 4.83. The SMILES string of the molecule is CC[C@H]1C[C@@H](C(C)C)C[C@H]1O. The fraction of sp³-hybridized carbons (Fsp3) is 1.00. The first-order chi connectivity index (χ1) is 5.15. The van der Waals surface area contributed by atoms with Crippen LogP contribution in [-0.4, -0.2) is 11.2 Å². The third-order valence-corrected chi connectivity index (χ3v) is 3.16. The van der Waals surface area contributed by atoms with Crippen LogP contribution in [0.5, 0.6) is 0 Å². The van der Waals surface area contributed by atoms with E-state index in [2.05, 4.69) is 20.8 Å². The summed E-state index contributed by atoms with van der Waals surface area (Å²) >= 11 is 0. The van der Waals surface area contributed by atoms with E-state index in [1.165, 1.54) is 6.42 Å². The summed E-state index contributed by atoms with van der Waals surface area (Å²) in [5, 5.41) is 9.61. The number of hydrogen-bond donors (Lipinski definition) is 1. The van der Waals surface area contributed by atoms with Crippen LogP contribution in [0.25, 0.3) is 0 Å². The Kier molecular flexibility index (Phi) is 2.94. The van der Waals surface area contributed by atoms with Crippen LogP contribution in [0.4, 0.5) is 0 Å². The molecule has 1 heteroatoms. The molecule has 1 aliphatic rings. The molecule has 1 N–H and O–H groups in total. The van der Waals surface area contributed by atoms with E-state index in [-0.39, 0.29) is 6.10 Å². The highest BCUT2D eigenvalue weighted by Crippen LogP contribution is 2.37. The van der Waals surface area contributed by atoms with Crippen molar-refractivity contribution in [2.24, 2.45) is 17.8 Å². The first kappa shape index (κ1) is 9.05. The molecule has 0 aromatic carbocycles. The van der Waals surface area contributed by atoms with Gasteiger partial charge in [0.1, 0.15) is 0 Å². The lowest BCUT2D eigenvalue weighted by Crippen LogP contribution is -2.11. The summed E-state index contributed by atoms with van der Waals surface area (Å²) in [5.41, 5.74) is 0. The van der Waals surface area contributed by atoms with Crippen LogP contribution in [0.15, 0.2) is 0 Å². The van der Waals surface area contributed by atoms with Crippen LogP contribution in [0.2, 0.25) is 0 Å². The lowest BCUT2D eigenvalue weighted by atomic mass is 9.93. The van der Waals surface area contributed by atoms with Gasteiger partial charge in [0.15, 0.2) is 0 Å². The Morgan fingerprint density at radius 2 is 2.00 bits per heavy atom.